The van der Waals surface area contributed by atoms with Gasteiger partial charge in [-0.05, 0) is 6.42 Å². The SMILES string of the molecule is CCCCCCCCCCCCCCC(=O)OC(COCCC(C(=O)O)[N+](C)(C)C)COC(=O)CC. The monoisotopic (exact) mass is 516 g/mol. The van der Waals surface area contributed by atoms with Gasteiger partial charge in [-0.2, -0.15) is 0 Å². The number of carboxylic acid groups (broad SMARTS) is 1. The maximum Gasteiger partial charge on any atom is 0.362 e. The molecule has 0 heterocycles. The molecule has 8 nitrogen and oxygen atoms in total. The Hall–Kier alpha value is -1.67. The van der Waals surface area contributed by atoms with E-state index in [0.29, 0.717) is 12.8 Å². The van der Waals surface area contributed by atoms with Crippen LogP contribution in [-0.2, 0) is 28.6 Å². The van der Waals surface area contributed by atoms with Crippen LogP contribution >= 0.6 is 0 Å². The Bertz CT molecular complexity index is 589. The lowest BCUT2D eigenvalue weighted by atomic mass is 10.0. The van der Waals surface area contributed by atoms with E-state index in [1.54, 1.807) is 6.92 Å². The van der Waals surface area contributed by atoms with Crippen LogP contribution in [0.3, 0.4) is 0 Å². The molecular weight excluding hydrogens is 462 g/mol. The third-order valence-electron chi connectivity index (χ3n) is 6.31. The van der Waals surface area contributed by atoms with Gasteiger partial charge in [-0.25, -0.2) is 4.79 Å². The normalized spacial score (nSPS) is 13.2. The molecule has 2 unspecified atom stereocenters. The number of carbonyl (C=O) groups is 3. The number of hydrogen-bond donors (Lipinski definition) is 1. The number of aliphatic carboxylic acids is 1. The number of nitrogens with zero attached hydrogens (tertiary/aromatic N) is 1. The molecule has 0 fully saturated rings. The van der Waals surface area contributed by atoms with Crippen LogP contribution in [0.4, 0.5) is 0 Å². The van der Waals surface area contributed by atoms with Gasteiger partial charge in [-0.1, -0.05) is 84.5 Å². The van der Waals surface area contributed by atoms with Crippen LogP contribution in [-0.4, -0.2) is 80.6 Å². The van der Waals surface area contributed by atoms with Gasteiger partial charge in [0.2, 0.25) is 0 Å². The van der Waals surface area contributed by atoms with Gasteiger partial charge in [0.25, 0.3) is 0 Å². The number of rotatable bonds is 24. The quantitative estimate of drug-likeness (QED) is 0.103. The van der Waals surface area contributed by atoms with Gasteiger partial charge in [-0.3, -0.25) is 9.59 Å². The summed E-state index contributed by atoms with van der Waals surface area (Å²) in [6.45, 7) is 4.15. The maximum absolute atomic E-state index is 12.3. The molecule has 0 aliphatic heterocycles. The largest absolute Gasteiger partial charge is 0.477 e. The lowest BCUT2D eigenvalue weighted by Crippen LogP contribution is -2.50. The number of unbranched alkanes of at least 4 members (excludes halogenated alkanes) is 11. The fraction of sp³-hybridized carbons (Fsp3) is 0.893. The van der Waals surface area contributed by atoms with E-state index < -0.39 is 18.1 Å². The number of carbonyl (C=O) groups excluding carboxylic acids is 2. The highest BCUT2D eigenvalue weighted by atomic mass is 16.6. The number of quaternary nitrogens is 1. The van der Waals surface area contributed by atoms with Gasteiger partial charge in [0.1, 0.15) is 6.61 Å². The summed E-state index contributed by atoms with van der Waals surface area (Å²) >= 11 is 0. The number of esters is 2. The van der Waals surface area contributed by atoms with Crippen molar-refractivity contribution in [2.75, 3.05) is 41.0 Å². The van der Waals surface area contributed by atoms with Crippen molar-refractivity contribution in [2.24, 2.45) is 0 Å². The number of likely N-dealkylation sites (N-methyl/N-ethyl adjacent to an activating group) is 1. The molecule has 1 N–H and O–H groups in total. The fourth-order valence-electron chi connectivity index (χ4n) is 4.01. The molecule has 36 heavy (non-hydrogen) atoms. The Kier molecular flexibility index (Phi) is 20.4. The van der Waals surface area contributed by atoms with Gasteiger partial charge in [0, 0.05) is 19.3 Å². The molecular formula is C28H54NO7+. The van der Waals surface area contributed by atoms with Crippen molar-refractivity contribution in [3.63, 3.8) is 0 Å². The van der Waals surface area contributed by atoms with Gasteiger partial charge >= 0.3 is 17.9 Å². The first kappa shape index (κ1) is 34.3. The molecule has 0 aliphatic rings. The zero-order valence-electron chi connectivity index (χ0n) is 23.7. The van der Waals surface area contributed by atoms with Crippen LogP contribution in [0.1, 0.15) is 110 Å². The second-order valence-corrected chi connectivity index (χ2v) is 10.6. The maximum atomic E-state index is 12.3. The third kappa shape index (κ3) is 19.5. The zero-order valence-corrected chi connectivity index (χ0v) is 23.7. The second-order valence-electron chi connectivity index (χ2n) is 10.6. The highest BCUT2D eigenvalue weighted by molar-refractivity contribution is 5.72. The van der Waals surface area contributed by atoms with Crippen LogP contribution in [0.2, 0.25) is 0 Å². The van der Waals surface area contributed by atoms with E-state index >= 15 is 0 Å². The molecule has 212 valence electrons. The average Bonchev–Trinajstić information content (AvgIpc) is 2.81. The molecule has 8 heteroatoms. The standard InChI is InChI=1S/C28H53NO7/c1-6-8-9-10-11-12-13-14-15-16-17-18-19-27(31)36-24(23-35-26(30)7-2)22-34-21-20-25(28(32)33)29(3,4)5/h24-25H,6-23H2,1-5H3/p+1. The van der Waals surface area contributed by atoms with E-state index in [1.807, 2.05) is 21.1 Å². The summed E-state index contributed by atoms with van der Waals surface area (Å²) in [6.07, 6.45) is 14.9. The first-order valence-electron chi connectivity index (χ1n) is 14.1. The van der Waals surface area contributed by atoms with E-state index in [1.165, 1.54) is 57.8 Å². The van der Waals surface area contributed by atoms with Crippen molar-refractivity contribution in [1.82, 2.24) is 0 Å². The summed E-state index contributed by atoms with van der Waals surface area (Å²) in [6, 6.07) is -0.602. The van der Waals surface area contributed by atoms with Crippen LogP contribution in [0.15, 0.2) is 0 Å². The molecule has 0 spiro atoms. The van der Waals surface area contributed by atoms with Gasteiger partial charge in [0.05, 0.1) is 34.4 Å². The lowest BCUT2D eigenvalue weighted by molar-refractivity contribution is -0.887. The molecule has 0 bridgehead atoms. The predicted octanol–water partition coefficient (Wildman–Crippen LogP) is 5.51. The minimum atomic E-state index is -0.881. The molecule has 0 aliphatic carbocycles. The molecule has 0 radical (unpaired) electrons. The molecule has 0 amide bonds. The Labute approximate surface area is 219 Å². The number of ether oxygens (including phenoxy) is 3. The molecule has 0 saturated carbocycles. The molecule has 2 atom stereocenters. The van der Waals surface area contributed by atoms with Crippen molar-refractivity contribution in [3.05, 3.63) is 0 Å². The van der Waals surface area contributed by atoms with Gasteiger partial charge < -0.3 is 23.8 Å². The van der Waals surface area contributed by atoms with Crippen LogP contribution in [0, 0.1) is 0 Å². The first-order valence-corrected chi connectivity index (χ1v) is 14.1. The van der Waals surface area contributed by atoms with Crippen molar-refractivity contribution in [3.8, 4) is 0 Å². The summed E-state index contributed by atoms with van der Waals surface area (Å²) < 4.78 is 16.5. The van der Waals surface area contributed by atoms with E-state index in [0.717, 1.165) is 19.3 Å². The molecule has 0 saturated heterocycles. The van der Waals surface area contributed by atoms with Crippen molar-refractivity contribution < 1.29 is 38.2 Å². The molecule has 0 aromatic heterocycles. The summed E-state index contributed by atoms with van der Waals surface area (Å²) in [4.78, 5) is 35.3. The fourth-order valence-corrected chi connectivity index (χ4v) is 4.01. The smallest absolute Gasteiger partial charge is 0.362 e. The summed E-state index contributed by atoms with van der Waals surface area (Å²) in [5, 5.41) is 9.42. The Balaban J connectivity index is 4.18. The Morgan fingerprint density at radius 1 is 0.750 bits per heavy atom. The molecule has 0 aromatic rings. The molecule has 0 rings (SSSR count). The van der Waals surface area contributed by atoms with E-state index in [2.05, 4.69) is 6.92 Å². The predicted molar refractivity (Wildman–Crippen MR) is 142 cm³/mol. The summed E-state index contributed by atoms with van der Waals surface area (Å²) in [5.41, 5.74) is 0. The van der Waals surface area contributed by atoms with Crippen LogP contribution < -0.4 is 0 Å². The molecule has 0 aromatic carbocycles. The van der Waals surface area contributed by atoms with Crippen molar-refractivity contribution >= 4 is 17.9 Å². The van der Waals surface area contributed by atoms with Crippen LogP contribution in [0.25, 0.3) is 0 Å². The van der Waals surface area contributed by atoms with Gasteiger partial charge in [-0.15, -0.1) is 0 Å². The minimum absolute atomic E-state index is 0.0602. The van der Waals surface area contributed by atoms with E-state index in [9.17, 15) is 19.5 Å². The number of carboxylic acids is 1. The lowest BCUT2D eigenvalue weighted by Gasteiger charge is -2.31. The minimum Gasteiger partial charge on any atom is -0.477 e. The third-order valence-corrected chi connectivity index (χ3v) is 6.31. The van der Waals surface area contributed by atoms with E-state index in [4.69, 9.17) is 14.2 Å². The van der Waals surface area contributed by atoms with Gasteiger partial charge in [0.15, 0.2) is 12.1 Å². The van der Waals surface area contributed by atoms with Crippen molar-refractivity contribution in [1.29, 1.82) is 0 Å². The Morgan fingerprint density at radius 3 is 1.75 bits per heavy atom. The average molecular weight is 517 g/mol. The highest BCUT2D eigenvalue weighted by Gasteiger charge is 2.31. The topological polar surface area (TPSA) is 99.1 Å². The van der Waals surface area contributed by atoms with Crippen molar-refractivity contribution in [2.45, 2.75) is 122 Å². The second kappa shape index (κ2) is 21.4. The van der Waals surface area contributed by atoms with Crippen LogP contribution in [0.5, 0.6) is 0 Å². The Morgan fingerprint density at radius 2 is 1.28 bits per heavy atom. The first-order chi connectivity index (χ1) is 17.1. The summed E-state index contributed by atoms with van der Waals surface area (Å²) in [5.74, 6) is -1.57. The number of hydrogen-bond acceptors (Lipinski definition) is 6. The highest BCUT2D eigenvalue weighted by Crippen LogP contribution is 2.13. The summed E-state index contributed by atoms with van der Waals surface area (Å²) in [7, 11) is 5.47. The zero-order chi connectivity index (χ0) is 27.2. The van der Waals surface area contributed by atoms with E-state index in [-0.39, 0.29) is 42.7 Å².